The first-order valence-electron chi connectivity index (χ1n) is 9.19. The van der Waals surface area contributed by atoms with Crippen LogP contribution in [0.4, 0.5) is 0 Å². The third-order valence-corrected chi connectivity index (χ3v) is 4.71. The van der Waals surface area contributed by atoms with E-state index in [-0.39, 0.29) is 24.7 Å². The molecule has 2 N–H and O–H groups in total. The van der Waals surface area contributed by atoms with E-state index in [4.69, 9.17) is 9.47 Å². The number of hydrogen-bond acceptors (Lipinski definition) is 6. The van der Waals surface area contributed by atoms with Crippen LogP contribution in [0.3, 0.4) is 0 Å². The maximum Gasteiger partial charge on any atom is 0.251 e. The summed E-state index contributed by atoms with van der Waals surface area (Å²) in [6.45, 7) is 0.993. The van der Waals surface area contributed by atoms with Crippen molar-refractivity contribution in [3.05, 3.63) is 47.8 Å². The van der Waals surface area contributed by atoms with Crippen molar-refractivity contribution in [2.24, 2.45) is 0 Å². The summed E-state index contributed by atoms with van der Waals surface area (Å²) in [5.74, 6) is -0.144. The third-order valence-electron chi connectivity index (χ3n) is 4.71. The molecule has 1 aromatic carbocycles. The maximum absolute atomic E-state index is 12.3. The summed E-state index contributed by atoms with van der Waals surface area (Å²) in [7, 11) is 1.62. The lowest BCUT2D eigenvalue weighted by Gasteiger charge is -2.36. The van der Waals surface area contributed by atoms with Crippen molar-refractivity contribution in [3.63, 3.8) is 0 Å². The molecule has 1 aliphatic heterocycles. The van der Waals surface area contributed by atoms with E-state index < -0.39 is 6.10 Å². The lowest BCUT2D eigenvalue weighted by Crippen LogP contribution is -2.51. The summed E-state index contributed by atoms with van der Waals surface area (Å²) < 4.78 is 12.8. The number of carbonyl (C=O) groups is 1. The Morgan fingerprint density at radius 3 is 2.93 bits per heavy atom. The van der Waals surface area contributed by atoms with Gasteiger partial charge in [0.1, 0.15) is 11.8 Å². The minimum Gasteiger partial charge on any atom is -0.394 e. The molecule has 0 spiro atoms. The number of carbonyl (C=O) groups excluding carboxylic acids is 1. The maximum atomic E-state index is 12.3. The Hall–Kier alpha value is -2.29. The van der Waals surface area contributed by atoms with Crippen LogP contribution >= 0.6 is 0 Å². The number of hydrogen-bond donors (Lipinski definition) is 2. The first-order chi connectivity index (χ1) is 13.2. The van der Waals surface area contributed by atoms with Gasteiger partial charge in [0.05, 0.1) is 31.6 Å². The van der Waals surface area contributed by atoms with Crippen molar-refractivity contribution in [1.29, 1.82) is 0 Å². The second kappa shape index (κ2) is 9.59. The fourth-order valence-corrected chi connectivity index (χ4v) is 3.29. The van der Waals surface area contributed by atoms with Crippen LogP contribution in [0.2, 0.25) is 0 Å². The van der Waals surface area contributed by atoms with Gasteiger partial charge in [-0.15, -0.1) is 5.10 Å². The van der Waals surface area contributed by atoms with E-state index in [0.29, 0.717) is 18.7 Å². The molecule has 0 unspecified atom stereocenters. The highest BCUT2D eigenvalue weighted by atomic mass is 16.5. The molecule has 2 aromatic rings. The molecule has 0 radical (unpaired) electrons. The molecule has 8 heteroatoms. The average molecular weight is 374 g/mol. The first kappa shape index (κ1) is 19.5. The fraction of sp³-hybridized carbons (Fsp3) is 0.526. The summed E-state index contributed by atoms with van der Waals surface area (Å²) in [5, 5.41) is 20.8. The molecule has 0 bridgehead atoms. The SMILES string of the molecule is COCc1cn(CC[C@@H]2CC[C@@H](NC(=O)c3ccccc3)[C@@H](CO)O2)nn1. The standard InChI is InChI=1S/C19H26N4O4/c1-26-13-15-11-23(22-21-15)10-9-16-7-8-17(18(12-24)27-16)20-19(25)14-5-3-2-4-6-14/h2-6,11,16-18,24H,7-10,12-13H2,1H3,(H,20,25)/t16-,17+,18+/m0/s1. The first-order valence-corrected chi connectivity index (χ1v) is 9.19. The van der Waals surface area contributed by atoms with Crippen LogP contribution < -0.4 is 5.32 Å². The van der Waals surface area contributed by atoms with Gasteiger partial charge < -0.3 is 19.9 Å². The summed E-state index contributed by atoms with van der Waals surface area (Å²) >= 11 is 0. The van der Waals surface area contributed by atoms with Crippen molar-refractivity contribution in [1.82, 2.24) is 20.3 Å². The number of aryl methyl sites for hydroxylation is 1. The van der Waals surface area contributed by atoms with Crippen molar-refractivity contribution in [2.45, 2.75) is 50.7 Å². The molecular weight excluding hydrogens is 348 g/mol. The van der Waals surface area contributed by atoms with Crippen molar-refractivity contribution in [2.75, 3.05) is 13.7 Å². The number of ether oxygens (including phenoxy) is 2. The van der Waals surface area contributed by atoms with Gasteiger partial charge in [0.15, 0.2) is 0 Å². The van der Waals surface area contributed by atoms with Gasteiger partial charge in [-0.25, -0.2) is 0 Å². The minimum atomic E-state index is -0.406. The number of aliphatic hydroxyl groups excluding tert-OH is 1. The Labute approximate surface area is 158 Å². The largest absolute Gasteiger partial charge is 0.394 e. The van der Waals surface area contributed by atoms with E-state index in [0.717, 1.165) is 25.0 Å². The van der Waals surface area contributed by atoms with E-state index in [9.17, 15) is 9.90 Å². The topological polar surface area (TPSA) is 98.5 Å². The van der Waals surface area contributed by atoms with Gasteiger partial charge >= 0.3 is 0 Å². The van der Waals surface area contributed by atoms with Crippen LogP contribution in [0.1, 0.15) is 35.3 Å². The number of nitrogens with zero attached hydrogens (tertiary/aromatic N) is 3. The number of nitrogens with one attached hydrogen (secondary N) is 1. The second-order valence-electron chi connectivity index (χ2n) is 6.70. The summed E-state index contributed by atoms with van der Waals surface area (Å²) in [5.41, 5.74) is 1.40. The van der Waals surface area contributed by atoms with Gasteiger partial charge in [0.2, 0.25) is 0 Å². The number of amides is 1. The molecule has 27 heavy (non-hydrogen) atoms. The van der Waals surface area contributed by atoms with Crippen LogP contribution in [0.25, 0.3) is 0 Å². The molecule has 0 saturated carbocycles. The zero-order valence-electron chi connectivity index (χ0n) is 15.5. The minimum absolute atomic E-state index is 0.0158. The Bertz CT molecular complexity index is 722. The van der Waals surface area contributed by atoms with E-state index >= 15 is 0 Å². The molecule has 1 fully saturated rings. The second-order valence-corrected chi connectivity index (χ2v) is 6.70. The van der Waals surface area contributed by atoms with Crippen LogP contribution in [0, 0.1) is 0 Å². The Balaban J connectivity index is 1.49. The highest BCUT2D eigenvalue weighted by molar-refractivity contribution is 5.94. The molecule has 146 valence electrons. The van der Waals surface area contributed by atoms with E-state index in [2.05, 4.69) is 15.6 Å². The van der Waals surface area contributed by atoms with Crippen molar-refractivity contribution in [3.8, 4) is 0 Å². The fourth-order valence-electron chi connectivity index (χ4n) is 3.29. The summed E-state index contributed by atoms with van der Waals surface area (Å²) in [6.07, 6.45) is 3.82. The smallest absolute Gasteiger partial charge is 0.251 e. The molecule has 0 aliphatic carbocycles. The van der Waals surface area contributed by atoms with Crippen molar-refractivity contribution < 1.29 is 19.4 Å². The molecule has 1 aliphatic rings. The van der Waals surface area contributed by atoms with Crippen LogP contribution in [0.15, 0.2) is 36.5 Å². The monoisotopic (exact) mass is 374 g/mol. The van der Waals surface area contributed by atoms with E-state index in [1.165, 1.54) is 0 Å². The molecule has 1 aromatic heterocycles. The lowest BCUT2D eigenvalue weighted by atomic mass is 9.96. The zero-order chi connectivity index (χ0) is 19.1. The summed E-state index contributed by atoms with van der Waals surface area (Å²) in [6, 6.07) is 8.87. The number of aromatic nitrogens is 3. The third kappa shape index (κ3) is 5.35. The predicted octanol–water partition coefficient (Wildman–Crippen LogP) is 1.15. The number of benzene rings is 1. The van der Waals surface area contributed by atoms with Gasteiger partial charge in [0, 0.05) is 19.2 Å². The molecule has 8 nitrogen and oxygen atoms in total. The highest BCUT2D eigenvalue weighted by Gasteiger charge is 2.32. The van der Waals surface area contributed by atoms with E-state index in [1.54, 1.807) is 23.9 Å². The molecule has 3 rings (SSSR count). The number of aliphatic hydroxyl groups is 1. The average Bonchev–Trinajstić information content (AvgIpc) is 3.15. The van der Waals surface area contributed by atoms with Crippen LogP contribution in [0.5, 0.6) is 0 Å². The van der Waals surface area contributed by atoms with Crippen LogP contribution in [-0.4, -0.2) is 58.0 Å². The van der Waals surface area contributed by atoms with Gasteiger partial charge in [-0.3, -0.25) is 9.48 Å². The predicted molar refractivity (Wildman–Crippen MR) is 98.0 cm³/mol. The molecule has 2 heterocycles. The lowest BCUT2D eigenvalue weighted by molar-refractivity contribution is -0.0912. The Kier molecular flexibility index (Phi) is 6.92. The highest BCUT2D eigenvalue weighted by Crippen LogP contribution is 2.22. The number of rotatable bonds is 8. The molecule has 3 atom stereocenters. The van der Waals surface area contributed by atoms with Gasteiger partial charge in [-0.2, -0.15) is 0 Å². The zero-order valence-corrected chi connectivity index (χ0v) is 15.5. The van der Waals surface area contributed by atoms with Crippen LogP contribution in [-0.2, 0) is 22.6 Å². The van der Waals surface area contributed by atoms with Gasteiger partial charge in [0.25, 0.3) is 5.91 Å². The number of methoxy groups -OCH3 is 1. The summed E-state index contributed by atoms with van der Waals surface area (Å²) in [4.78, 5) is 12.3. The van der Waals surface area contributed by atoms with Gasteiger partial charge in [-0.05, 0) is 31.4 Å². The van der Waals surface area contributed by atoms with Crippen molar-refractivity contribution >= 4 is 5.91 Å². The molecule has 1 amide bonds. The normalized spacial score (nSPS) is 22.5. The van der Waals surface area contributed by atoms with E-state index in [1.807, 2.05) is 24.4 Å². The molecular formula is C19H26N4O4. The Morgan fingerprint density at radius 1 is 1.37 bits per heavy atom. The Morgan fingerprint density at radius 2 is 2.19 bits per heavy atom. The quantitative estimate of drug-likeness (QED) is 0.719. The molecule has 1 saturated heterocycles. The van der Waals surface area contributed by atoms with Gasteiger partial charge in [-0.1, -0.05) is 23.4 Å².